The van der Waals surface area contributed by atoms with Crippen molar-refractivity contribution in [3.63, 3.8) is 0 Å². The number of carbonyl (C=O) groups excluding carboxylic acids is 1. The lowest BCUT2D eigenvalue weighted by Gasteiger charge is -2.23. The zero-order chi connectivity index (χ0) is 18.0. The van der Waals surface area contributed by atoms with Crippen LogP contribution in [0.2, 0.25) is 0 Å². The summed E-state index contributed by atoms with van der Waals surface area (Å²) in [6.07, 6.45) is 1.45. The lowest BCUT2D eigenvalue weighted by Crippen LogP contribution is -2.44. The maximum absolute atomic E-state index is 11.9. The van der Waals surface area contributed by atoms with E-state index in [4.69, 9.17) is 9.47 Å². The number of halogens is 1. The number of guanidine groups is 1. The Balaban J connectivity index is 0.00000576. The fourth-order valence-corrected chi connectivity index (χ4v) is 2.47. The summed E-state index contributed by atoms with van der Waals surface area (Å²) < 4.78 is 10.7. The van der Waals surface area contributed by atoms with Gasteiger partial charge < -0.3 is 25.0 Å². The van der Waals surface area contributed by atoms with Crippen molar-refractivity contribution in [3.8, 4) is 0 Å². The van der Waals surface area contributed by atoms with Crippen LogP contribution in [0.15, 0.2) is 4.99 Å². The summed E-state index contributed by atoms with van der Waals surface area (Å²) in [6, 6.07) is 0.0899. The Labute approximate surface area is 169 Å². The number of nitrogens with one attached hydrogen (secondary N) is 2. The average molecular weight is 470 g/mol. The summed E-state index contributed by atoms with van der Waals surface area (Å²) in [5, 5.41) is 6.26. The Morgan fingerprint density at radius 2 is 2.04 bits per heavy atom. The van der Waals surface area contributed by atoms with Gasteiger partial charge in [0.2, 0.25) is 0 Å². The quantitative estimate of drug-likeness (QED) is 0.259. The minimum absolute atomic E-state index is 0. The smallest absolute Gasteiger partial charge is 0.407 e. The van der Waals surface area contributed by atoms with Gasteiger partial charge in [-0.25, -0.2) is 4.79 Å². The Morgan fingerprint density at radius 3 is 2.64 bits per heavy atom. The van der Waals surface area contributed by atoms with Gasteiger partial charge in [0.05, 0.1) is 6.04 Å². The van der Waals surface area contributed by atoms with Crippen LogP contribution in [0.1, 0.15) is 47.5 Å². The Morgan fingerprint density at radius 1 is 1.32 bits per heavy atom. The van der Waals surface area contributed by atoms with E-state index >= 15 is 0 Å². The molecule has 0 saturated carbocycles. The van der Waals surface area contributed by atoms with E-state index in [1.807, 2.05) is 27.7 Å². The molecule has 0 aromatic rings. The first-order valence-corrected chi connectivity index (χ1v) is 8.96. The van der Waals surface area contributed by atoms with Crippen molar-refractivity contribution in [1.82, 2.24) is 15.5 Å². The second-order valence-electron chi connectivity index (χ2n) is 6.86. The van der Waals surface area contributed by atoms with E-state index < -0.39 is 5.60 Å². The highest BCUT2D eigenvalue weighted by Crippen LogP contribution is 2.12. The Bertz CT molecular complexity index is 413. The fourth-order valence-electron chi connectivity index (χ4n) is 2.47. The first-order chi connectivity index (χ1) is 11.4. The topological polar surface area (TPSA) is 75.2 Å². The van der Waals surface area contributed by atoms with Gasteiger partial charge in [0.1, 0.15) is 5.60 Å². The molecule has 0 aromatic heterocycles. The second kappa shape index (κ2) is 12.6. The third kappa shape index (κ3) is 10.7. The maximum Gasteiger partial charge on any atom is 0.407 e. The molecule has 2 N–H and O–H groups in total. The van der Waals surface area contributed by atoms with Crippen molar-refractivity contribution in [2.24, 2.45) is 4.99 Å². The standard InChI is InChI=1S/C17H34N4O3.HI/c1-6-18-15(19-10-8-12-23-7-2)21-11-9-14(13-21)20-16(22)24-17(3,4)5;/h14H,6-13H2,1-5H3,(H,18,19)(H,20,22);1H. The number of alkyl carbamates (subject to hydrolysis) is 1. The van der Waals surface area contributed by atoms with Crippen molar-refractivity contribution in [3.05, 3.63) is 0 Å². The number of nitrogens with zero attached hydrogens (tertiary/aromatic N) is 2. The van der Waals surface area contributed by atoms with E-state index in [9.17, 15) is 4.79 Å². The number of carbonyl (C=O) groups is 1. The average Bonchev–Trinajstić information content (AvgIpc) is 2.92. The van der Waals surface area contributed by atoms with Crippen molar-refractivity contribution >= 4 is 36.0 Å². The molecule has 7 nitrogen and oxygen atoms in total. The summed E-state index contributed by atoms with van der Waals surface area (Å²) in [5.41, 5.74) is -0.473. The predicted molar refractivity (Wildman–Crippen MR) is 112 cm³/mol. The zero-order valence-electron chi connectivity index (χ0n) is 16.3. The highest BCUT2D eigenvalue weighted by Gasteiger charge is 2.27. The molecule has 0 spiro atoms. The molecule has 1 rings (SSSR count). The minimum atomic E-state index is -0.473. The first kappa shape index (κ1) is 24.2. The van der Waals surface area contributed by atoms with Crippen LogP contribution < -0.4 is 10.6 Å². The van der Waals surface area contributed by atoms with E-state index in [0.717, 1.165) is 58.2 Å². The van der Waals surface area contributed by atoms with Gasteiger partial charge in [-0.05, 0) is 47.5 Å². The van der Waals surface area contributed by atoms with Crippen LogP contribution in [0.3, 0.4) is 0 Å². The second-order valence-corrected chi connectivity index (χ2v) is 6.86. The third-order valence-electron chi connectivity index (χ3n) is 3.46. The molecule has 0 radical (unpaired) electrons. The number of ether oxygens (including phenoxy) is 2. The van der Waals surface area contributed by atoms with E-state index in [1.165, 1.54) is 0 Å². The maximum atomic E-state index is 11.9. The third-order valence-corrected chi connectivity index (χ3v) is 3.46. The minimum Gasteiger partial charge on any atom is -0.444 e. The summed E-state index contributed by atoms with van der Waals surface area (Å²) in [6.45, 7) is 14.3. The van der Waals surface area contributed by atoms with Crippen molar-refractivity contribution in [2.75, 3.05) is 39.4 Å². The van der Waals surface area contributed by atoms with Crippen LogP contribution in [-0.4, -0.2) is 68.0 Å². The summed E-state index contributed by atoms with van der Waals surface area (Å²) in [5.74, 6) is 0.905. The van der Waals surface area contributed by atoms with Crippen LogP contribution in [0, 0.1) is 0 Å². The number of amides is 1. The summed E-state index contributed by atoms with van der Waals surface area (Å²) in [7, 11) is 0. The van der Waals surface area contributed by atoms with Gasteiger partial charge in [-0.1, -0.05) is 0 Å². The van der Waals surface area contributed by atoms with E-state index in [-0.39, 0.29) is 36.1 Å². The Kier molecular flexibility index (Phi) is 12.2. The van der Waals surface area contributed by atoms with Crippen LogP contribution in [0.4, 0.5) is 4.79 Å². The van der Waals surface area contributed by atoms with Gasteiger partial charge in [0.25, 0.3) is 0 Å². The lowest BCUT2D eigenvalue weighted by atomic mass is 10.2. The number of hydrogen-bond acceptors (Lipinski definition) is 4. The molecule has 148 valence electrons. The van der Waals surface area contributed by atoms with Gasteiger partial charge in [-0.15, -0.1) is 24.0 Å². The normalized spacial score (nSPS) is 17.9. The number of rotatable bonds is 7. The van der Waals surface area contributed by atoms with Crippen molar-refractivity contribution in [1.29, 1.82) is 0 Å². The molecule has 0 aliphatic carbocycles. The largest absolute Gasteiger partial charge is 0.444 e. The molecule has 0 bridgehead atoms. The van der Waals surface area contributed by atoms with Crippen LogP contribution in [0.25, 0.3) is 0 Å². The van der Waals surface area contributed by atoms with Crippen LogP contribution in [-0.2, 0) is 9.47 Å². The highest BCUT2D eigenvalue weighted by atomic mass is 127. The SMILES string of the molecule is CCNC(=NCCCOCC)N1CCC(NC(=O)OC(C)(C)C)C1.I. The van der Waals surface area contributed by atoms with Gasteiger partial charge in [0.15, 0.2) is 5.96 Å². The monoisotopic (exact) mass is 470 g/mol. The molecule has 1 atom stereocenters. The van der Waals surface area contributed by atoms with Gasteiger partial charge in [-0.3, -0.25) is 4.99 Å². The molecule has 1 heterocycles. The number of aliphatic imine (C=N–C) groups is 1. The highest BCUT2D eigenvalue weighted by molar-refractivity contribution is 14.0. The molecule has 8 heteroatoms. The zero-order valence-corrected chi connectivity index (χ0v) is 18.6. The summed E-state index contributed by atoms with van der Waals surface area (Å²) in [4.78, 5) is 18.7. The van der Waals surface area contributed by atoms with Crippen LogP contribution in [0.5, 0.6) is 0 Å². The first-order valence-electron chi connectivity index (χ1n) is 8.96. The molecule has 1 amide bonds. The van der Waals surface area contributed by atoms with Crippen LogP contribution >= 0.6 is 24.0 Å². The number of hydrogen-bond donors (Lipinski definition) is 2. The molecule has 1 unspecified atom stereocenters. The molecule has 25 heavy (non-hydrogen) atoms. The molecular weight excluding hydrogens is 435 g/mol. The van der Waals surface area contributed by atoms with E-state index in [2.05, 4.69) is 27.4 Å². The number of likely N-dealkylation sites (tertiary alicyclic amines) is 1. The van der Waals surface area contributed by atoms with Gasteiger partial charge in [0, 0.05) is 39.4 Å². The van der Waals surface area contributed by atoms with Gasteiger partial charge >= 0.3 is 6.09 Å². The van der Waals surface area contributed by atoms with Crippen molar-refractivity contribution in [2.45, 2.75) is 59.1 Å². The molecule has 1 aliphatic rings. The van der Waals surface area contributed by atoms with E-state index in [0.29, 0.717) is 0 Å². The molecular formula is C17H35IN4O3. The molecule has 1 saturated heterocycles. The summed E-state index contributed by atoms with van der Waals surface area (Å²) >= 11 is 0. The Hall–Kier alpha value is -0.770. The lowest BCUT2D eigenvalue weighted by molar-refractivity contribution is 0.0507. The van der Waals surface area contributed by atoms with E-state index in [1.54, 1.807) is 0 Å². The predicted octanol–water partition coefficient (Wildman–Crippen LogP) is 2.60. The van der Waals surface area contributed by atoms with Crippen molar-refractivity contribution < 1.29 is 14.3 Å². The molecule has 1 aliphatic heterocycles. The molecule has 0 aromatic carbocycles. The fraction of sp³-hybridized carbons (Fsp3) is 0.882. The molecule has 1 fully saturated rings. The van der Waals surface area contributed by atoms with Gasteiger partial charge in [-0.2, -0.15) is 0 Å².